The van der Waals surface area contributed by atoms with E-state index in [0.29, 0.717) is 27.3 Å². The van der Waals surface area contributed by atoms with Crippen LogP contribution in [0.15, 0.2) is 58.4 Å². The fourth-order valence-corrected chi connectivity index (χ4v) is 3.20. The summed E-state index contributed by atoms with van der Waals surface area (Å²) in [7, 11) is 0. The minimum Gasteiger partial charge on any atom is -0.450 e. The number of aryl methyl sites for hydroxylation is 1. The van der Waals surface area contributed by atoms with Crippen LogP contribution in [0, 0.1) is 6.92 Å². The van der Waals surface area contributed by atoms with E-state index in [2.05, 4.69) is 20.9 Å². The van der Waals surface area contributed by atoms with Gasteiger partial charge in [0.05, 0.1) is 17.3 Å². The fraction of sp³-hybridized carbons (Fsp3) is 0.158. The number of hydrazone groups is 1. The van der Waals surface area contributed by atoms with Crippen molar-refractivity contribution >= 4 is 34.8 Å². The maximum absolute atomic E-state index is 12.8. The van der Waals surface area contributed by atoms with Crippen molar-refractivity contribution in [2.75, 3.05) is 5.43 Å². The molecule has 0 spiro atoms. The number of benzene rings is 2. The number of aromatic nitrogens is 2. The number of hydrogen-bond acceptors (Lipinski definition) is 6. The van der Waals surface area contributed by atoms with Crippen molar-refractivity contribution in [1.29, 1.82) is 0 Å². The number of halogens is 1. The van der Waals surface area contributed by atoms with Crippen molar-refractivity contribution < 1.29 is 9.53 Å². The Morgan fingerprint density at radius 2 is 2.00 bits per heavy atom. The number of para-hydroxylation sites is 1. The molecule has 2 N–H and O–H groups in total. The van der Waals surface area contributed by atoms with E-state index in [1.165, 1.54) is 6.40 Å². The summed E-state index contributed by atoms with van der Waals surface area (Å²) in [5.41, 5.74) is 5.13. The highest BCUT2D eigenvalue weighted by atomic mass is 35.5. The Morgan fingerprint density at radius 3 is 2.71 bits per heavy atom. The van der Waals surface area contributed by atoms with Gasteiger partial charge in [0.25, 0.3) is 5.56 Å². The molecule has 2 heterocycles. The van der Waals surface area contributed by atoms with E-state index in [-0.39, 0.29) is 12.0 Å². The smallest absolute Gasteiger partial charge is 0.280 e. The van der Waals surface area contributed by atoms with Crippen molar-refractivity contribution in [2.45, 2.75) is 19.1 Å². The fourth-order valence-electron chi connectivity index (χ4n) is 3.07. The number of nitrogens with zero attached hydrogens (tertiary/aromatic N) is 3. The van der Waals surface area contributed by atoms with Crippen LogP contribution in [0.2, 0.25) is 5.02 Å². The Bertz CT molecular complexity index is 1130. The molecule has 1 aliphatic rings. The molecule has 28 heavy (non-hydrogen) atoms. The highest BCUT2D eigenvalue weighted by molar-refractivity contribution is 6.30. The predicted octanol–water partition coefficient (Wildman–Crippen LogP) is 2.23. The van der Waals surface area contributed by atoms with E-state index in [1.54, 1.807) is 55.5 Å². The van der Waals surface area contributed by atoms with Gasteiger partial charge in [0.15, 0.2) is 6.40 Å². The van der Waals surface area contributed by atoms with Crippen molar-refractivity contribution in [1.82, 2.24) is 15.1 Å². The van der Waals surface area contributed by atoms with Gasteiger partial charge in [-0.15, -0.1) is 5.10 Å². The number of hydrogen-bond donors (Lipinski definition) is 2. The first-order valence-corrected chi connectivity index (χ1v) is 8.87. The standard InChI is InChI=1S/C19H16ClN5O3/c1-12-22-16-5-3-2-4-15(16)18(27)25(12)23-17(26)10-19(24-21-11-28-19)13-6-8-14(20)9-7-13/h2-9,11,24H,10H2,1H3,(H,23,26). The molecular formula is C19H16ClN5O3. The van der Waals surface area contributed by atoms with Crippen LogP contribution < -0.4 is 16.4 Å². The number of fused-ring (bicyclic) bond motifs is 1. The highest BCUT2D eigenvalue weighted by Crippen LogP contribution is 2.29. The molecule has 1 aliphatic heterocycles. The molecule has 1 atom stereocenters. The van der Waals surface area contributed by atoms with E-state index in [4.69, 9.17) is 16.3 Å². The van der Waals surface area contributed by atoms with Crippen LogP contribution in [0.1, 0.15) is 17.8 Å². The van der Waals surface area contributed by atoms with Gasteiger partial charge >= 0.3 is 0 Å². The zero-order chi connectivity index (χ0) is 19.7. The summed E-state index contributed by atoms with van der Waals surface area (Å²) in [4.78, 5) is 29.9. The molecule has 4 rings (SSSR count). The zero-order valence-corrected chi connectivity index (χ0v) is 15.6. The summed E-state index contributed by atoms with van der Waals surface area (Å²) in [5, 5.41) is 4.86. The van der Waals surface area contributed by atoms with Crippen LogP contribution in [0.25, 0.3) is 10.9 Å². The quantitative estimate of drug-likeness (QED) is 0.703. The van der Waals surface area contributed by atoms with E-state index in [9.17, 15) is 9.59 Å². The molecule has 0 bridgehead atoms. The van der Waals surface area contributed by atoms with Gasteiger partial charge in [0, 0.05) is 10.6 Å². The van der Waals surface area contributed by atoms with Gasteiger partial charge in [-0.25, -0.2) is 9.66 Å². The van der Waals surface area contributed by atoms with Crippen LogP contribution in [-0.4, -0.2) is 22.0 Å². The molecule has 0 fully saturated rings. The molecule has 0 aliphatic carbocycles. The average molecular weight is 398 g/mol. The number of carbonyl (C=O) groups is 1. The summed E-state index contributed by atoms with van der Waals surface area (Å²) >= 11 is 5.94. The van der Waals surface area contributed by atoms with Gasteiger partial charge in [-0.3, -0.25) is 20.4 Å². The molecule has 142 valence electrons. The minimum atomic E-state index is -1.18. The molecular weight excluding hydrogens is 382 g/mol. The summed E-state index contributed by atoms with van der Waals surface area (Å²) in [6.45, 7) is 1.65. The number of nitrogens with one attached hydrogen (secondary N) is 2. The lowest BCUT2D eigenvalue weighted by molar-refractivity contribution is -0.122. The first-order chi connectivity index (χ1) is 13.5. The SMILES string of the molecule is Cc1nc2ccccc2c(=O)n1NC(=O)CC1(c2ccc(Cl)cc2)NN=CO1. The maximum Gasteiger partial charge on any atom is 0.280 e. The van der Waals surface area contributed by atoms with E-state index in [1.807, 2.05) is 0 Å². The third kappa shape index (κ3) is 3.18. The molecule has 0 saturated carbocycles. The molecule has 2 aromatic carbocycles. The lowest BCUT2D eigenvalue weighted by atomic mass is 9.99. The van der Waals surface area contributed by atoms with Gasteiger partial charge < -0.3 is 4.74 Å². The topological polar surface area (TPSA) is 97.6 Å². The summed E-state index contributed by atoms with van der Waals surface area (Å²) < 4.78 is 6.73. The molecule has 0 saturated heterocycles. The minimum absolute atomic E-state index is 0.132. The van der Waals surface area contributed by atoms with Crippen LogP contribution in [0.3, 0.4) is 0 Å². The Balaban J connectivity index is 1.62. The largest absolute Gasteiger partial charge is 0.450 e. The molecule has 9 heteroatoms. The van der Waals surface area contributed by atoms with Crippen LogP contribution >= 0.6 is 11.6 Å². The molecule has 8 nitrogen and oxygen atoms in total. The number of ether oxygens (including phenoxy) is 1. The normalized spacial score (nSPS) is 17.9. The Hall–Kier alpha value is -3.39. The summed E-state index contributed by atoms with van der Waals surface area (Å²) in [6, 6.07) is 13.8. The van der Waals surface area contributed by atoms with E-state index >= 15 is 0 Å². The van der Waals surface area contributed by atoms with Gasteiger partial charge in [-0.1, -0.05) is 35.9 Å². The first-order valence-electron chi connectivity index (χ1n) is 8.49. The van der Waals surface area contributed by atoms with Crippen molar-refractivity contribution in [3.63, 3.8) is 0 Å². The lowest BCUT2D eigenvalue weighted by Gasteiger charge is -2.27. The molecule has 1 aromatic heterocycles. The monoisotopic (exact) mass is 397 g/mol. The lowest BCUT2D eigenvalue weighted by Crippen LogP contribution is -2.44. The number of carbonyl (C=O) groups excluding carboxylic acids is 1. The second-order valence-electron chi connectivity index (χ2n) is 6.33. The van der Waals surface area contributed by atoms with Crippen molar-refractivity contribution in [3.8, 4) is 0 Å². The second-order valence-corrected chi connectivity index (χ2v) is 6.76. The number of rotatable bonds is 4. The van der Waals surface area contributed by atoms with Crippen LogP contribution in [0.5, 0.6) is 0 Å². The van der Waals surface area contributed by atoms with Gasteiger partial charge in [0.2, 0.25) is 11.6 Å². The van der Waals surface area contributed by atoms with Gasteiger partial charge in [-0.05, 0) is 31.2 Å². The Labute approximate surface area is 164 Å². The average Bonchev–Trinajstić information content (AvgIpc) is 3.15. The van der Waals surface area contributed by atoms with Crippen molar-refractivity contribution in [3.05, 3.63) is 75.3 Å². The van der Waals surface area contributed by atoms with E-state index < -0.39 is 11.6 Å². The number of amides is 1. The third-order valence-corrected chi connectivity index (χ3v) is 4.70. The Kier molecular flexibility index (Phi) is 4.48. The first kappa shape index (κ1) is 18.0. The summed E-state index contributed by atoms with van der Waals surface area (Å²) in [5.74, 6) is -0.0793. The maximum atomic E-state index is 12.8. The van der Waals surface area contributed by atoms with E-state index in [0.717, 1.165) is 4.68 Å². The summed E-state index contributed by atoms with van der Waals surface area (Å²) in [6.07, 6.45) is 1.10. The van der Waals surface area contributed by atoms with Gasteiger partial charge in [-0.2, -0.15) is 0 Å². The third-order valence-electron chi connectivity index (χ3n) is 4.45. The highest BCUT2D eigenvalue weighted by Gasteiger charge is 2.39. The van der Waals surface area contributed by atoms with Crippen molar-refractivity contribution in [2.24, 2.45) is 5.10 Å². The zero-order valence-electron chi connectivity index (χ0n) is 14.8. The molecule has 1 amide bonds. The van der Waals surface area contributed by atoms with Crippen LogP contribution in [-0.2, 0) is 15.3 Å². The predicted molar refractivity (Wildman–Crippen MR) is 106 cm³/mol. The molecule has 0 radical (unpaired) electrons. The second kappa shape index (κ2) is 6.97. The Morgan fingerprint density at radius 1 is 1.25 bits per heavy atom. The van der Waals surface area contributed by atoms with Gasteiger partial charge in [0.1, 0.15) is 5.82 Å². The molecule has 3 aromatic rings. The molecule has 1 unspecified atom stereocenters. The van der Waals surface area contributed by atoms with Crippen LogP contribution in [0.4, 0.5) is 0 Å².